The molecule has 0 N–H and O–H groups in total. The van der Waals surface area contributed by atoms with E-state index < -0.39 is 0 Å². The third-order valence-corrected chi connectivity index (χ3v) is 5.28. The van der Waals surface area contributed by atoms with Crippen molar-refractivity contribution >= 4 is 12.6 Å². The van der Waals surface area contributed by atoms with Crippen molar-refractivity contribution in [3.05, 3.63) is 54.1 Å². The topological polar surface area (TPSA) is 18.5 Å². The largest absolute Gasteiger partial charge is 0.494 e. The lowest BCUT2D eigenvalue weighted by molar-refractivity contribution is 0.00578. The van der Waals surface area contributed by atoms with Crippen molar-refractivity contribution < 1.29 is 9.31 Å². The van der Waals surface area contributed by atoms with Crippen LogP contribution in [0.1, 0.15) is 53.0 Å². The first-order valence-electron chi connectivity index (χ1n) is 8.75. The Bertz CT molecular complexity index is 704. The van der Waals surface area contributed by atoms with E-state index in [0.29, 0.717) is 5.92 Å². The Morgan fingerprint density at radius 3 is 1.92 bits per heavy atom. The van der Waals surface area contributed by atoms with Crippen LogP contribution in [0.4, 0.5) is 0 Å². The quantitative estimate of drug-likeness (QED) is 0.758. The van der Waals surface area contributed by atoms with Gasteiger partial charge in [0.25, 0.3) is 0 Å². The van der Waals surface area contributed by atoms with Gasteiger partial charge < -0.3 is 9.31 Å². The SMILES string of the molecule is CC(C)c1cc(B2OC(C)(C)C(C)(C)O2)cc(-c2ccccc2)c1. The molecule has 1 heterocycles. The molecule has 1 aliphatic rings. The zero-order valence-electron chi connectivity index (χ0n) is 15.6. The molecule has 2 aromatic rings. The van der Waals surface area contributed by atoms with E-state index >= 15 is 0 Å². The molecular weight excluding hydrogens is 295 g/mol. The molecule has 3 heteroatoms. The normalized spacial score (nSPS) is 19.0. The van der Waals surface area contributed by atoms with Gasteiger partial charge >= 0.3 is 7.12 Å². The van der Waals surface area contributed by atoms with E-state index in [2.05, 4.69) is 84.0 Å². The molecule has 0 bridgehead atoms. The first kappa shape index (κ1) is 17.3. The predicted octanol–water partition coefficient (Wildman–Crippen LogP) is 4.78. The van der Waals surface area contributed by atoms with E-state index in [4.69, 9.17) is 9.31 Å². The van der Waals surface area contributed by atoms with Crippen LogP contribution in [0.5, 0.6) is 0 Å². The Kier molecular flexibility index (Phi) is 4.35. The van der Waals surface area contributed by atoms with Gasteiger partial charge in [-0.1, -0.05) is 62.4 Å². The highest BCUT2D eigenvalue weighted by Crippen LogP contribution is 2.37. The summed E-state index contributed by atoms with van der Waals surface area (Å²) < 4.78 is 12.5. The number of hydrogen-bond donors (Lipinski definition) is 0. The average Bonchev–Trinajstić information content (AvgIpc) is 2.76. The molecule has 2 aromatic carbocycles. The molecule has 3 rings (SSSR count). The smallest absolute Gasteiger partial charge is 0.399 e. The highest BCUT2D eigenvalue weighted by molar-refractivity contribution is 6.62. The molecular formula is C21H27BO2. The van der Waals surface area contributed by atoms with E-state index in [0.717, 1.165) is 5.46 Å². The fourth-order valence-electron chi connectivity index (χ4n) is 2.92. The molecule has 2 nitrogen and oxygen atoms in total. The van der Waals surface area contributed by atoms with Crippen LogP contribution in [-0.4, -0.2) is 18.3 Å². The fourth-order valence-corrected chi connectivity index (χ4v) is 2.92. The maximum Gasteiger partial charge on any atom is 0.494 e. The summed E-state index contributed by atoms with van der Waals surface area (Å²) in [6.07, 6.45) is 0. The Hall–Kier alpha value is -1.58. The monoisotopic (exact) mass is 322 g/mol. The lowest BCUT2D eigenvalue weighted by Crippen LogP contribution is -2.41. The molecule has 0 aliphatic carbocycles. The van der Waals surface area contributed by atoms with Gasteiger partial charge in [-0.05, 0) is 55.8 Å². The van der Waals surface area contributed by atoms with E-state index in [-0.39, 0.29) is 18.3 Å². The van der Waals surface area contributed by atoms with Crippen molar-refractivity contribution in [2.24, 2.45) is 0 Å². The van der Waals surface area contributed by atoms with E-state index in [1.807, 2.05) is 6.07 Å². The van der Waals surface area contributed by atoms with Crippen LogP contribution in [0.15, 0.2) is 48.5 Å². The molecule has 0 spiro atoms. The first-order valence-corrected chi connectivity index (χ1v) is 8.75. The molecule has 0 saturated carbocycles. The molecule has 24 heavy (non-hydrogen) atoms. The standard InChI is InChI=1S/C21H27BO2/c1-15(2)17-12-18(16-10-8-7-9-11-16)14-19(13-17)22-23-20(3,4)21(5,6)24-22/h7-15H,1-6H3. The minimum Gasteiger partial charge on any atom is -0.399 e. The second-order valence-corrected chi connectivity index (χ2v) is 8.00. The summed E-state index contributed by atoms with van der Waals surface area (Å²) in [4.78, 5) is 0. The van der Waals surface area contributed by atoms with Crippen LogP contribution >= 0.6 is 0 Å². The molecule has 0 atom stereocenters. The van der Waals surface area contributed by atoms with Gasteiger partial charge in [0.2, 0.25) is 0 Å². The van der Waals surface area contributed by atoms with Crippen LogP contribution in [0.2, 0.25) is 0 Å². The van der Waals surface area contributed by atoms with Crippen LogP contribution in [0.3, 0.4) is 0 Å². The lowest BCUT2D eigenvalue weighted by atomic mass is 9.76. The maximum atomic E-state index is 6.25. The highest BCUT2D eigenvalue weighted by atomic mass is 16.7. The fraction of sp³-hybridized carbons (Fsp3) is 0.429. The second kappa shape index (κ2) is 6.05. The average molecular weight is 322 g/mol. The van der Waals surface area contributed by atoms with Crippen molar-refractivity contribution in [3.8, 4) is 11.1 Å². The summed E-state index contributed by atoms with van der Waals surface area (Å²) in [6.45, 7) is 12.8. The van der Waals surface area contributed by atoms with E-state index in [9.17, 15) is 0 Å². The van der Waals surface area contributed by atoms with Gasteiger partial charge in [0, 0.05) is 0 Å². The molecule has 0 aromatic heterocycles. The maximum absolute atomic E-state index is 6.25. The summed E-state index contributed by atoms with van der Waals surface area (Å²) >= 11 is 0. The Morgan fingerprint density at radius 2 is 1.38 bits per heavy atom. The van der Waals surface area contributed by atoms with Crippen LogP contribution < -0.4 is 5.46 Å². The van der Waals surface area contributed by atoms with Gasteiger partial charge in [-0.3, -0.25) is 0 Å². The Labute approximate surface area is 146 Å². The van der Waals surface area contributed by atoms with Crippen LogP contribution in [0, 0.1) is 0 Å². The van der Waals surface area contributed by atoms with Crippen molar-refractivity contribution in [3.63, 3.8) is 0 Å². The van der Waals surface area contributed by atoms with Crippen molar-refractivity contribution in [2.75, 3.05) is 0 Å². The minimum absolute atomic E-state index is 0.321. The highest BCUT2D eigenvalue weighted by Gasteiger charge is 2.51. The van der Waals surface area contributed by atoms with Crippen molar-refractivity contribution in [1.82, 2.24) is 0 Å². The summed E-state index contributed by atoms with van der Waals surface area (Å²) in [6, 6.07) is 17.2. The lowest BCUT2D eigenvalue weighted by Gasteiger charge is -2.32. The predicted molar refractivity (Wildman–Crippen MR) is 102 cm³/mol. The first-order chi connectivity index (χ1) is 11.2. The van der Waals surface area contributed by atoms with Crippen molar-refractivity contribution in [1.29, 1.82) is 0 Å². The summed E-state index contributed by atoms with van der Waals surface area (Å²) in [5.74, 6) is 0.454. The zero-order chi connectivity index (χ0) is 17.5. The molecule has 126 valence electrons. The van der Waals surface area contributed by atoms with E-state index in [1.165, 1.54) is 16.7 Å². The molecule has 1 fully saturated rings. The number of hydrogen-bond acceptors (Lipinski definition) is 2. The van der Waals surface area contributed by atoms with E-state index in [1.54, 1.807) is 0 Å². The second-order valence-electron chi connectivity index (χ2n) is 8.00. The molecule has 1 saturated heterocycles. The van der Waals surface area contributed by atoms with Gasteiger partial charge in [0.1, 0.15) is 0 Å². The molecule has 0 amide bonds. The summed E-state index contributed by atoms with van der Waals surface area (Å²) in [5, 5.41) is 0. The zero-order valence-corrected chi connectivity index (χ0v) is 15.6. The number of benzene rings is 2. The third-order valence-electron chi connectivity index (χ3n) is 5.28. The van der Waals surface area contributed by atoms with Gasteiger partial charge in [0.05, 0.1) is 11.2 Å². The Morgan fingerprint density at radius 1 is 0.792 bits per heavy atom. The molecule has 0 radical (unpaired) electrons. The van der Waals surface area contributed by atoms with Crippen molar-refractivity contribution in [2.45, 2.75) is 58.7 Å². The van der Waals surface area contributed by atoms with Gasteiger partial charge in [-0.15, -0.1) is 0 Å². The third kappa shape index (κ3) is 3.15. The van der Waals surface area contributed by atoms with Gasteiger partial charge in [-0.2, -0.15) is 0 Å². The summed E-state index contributed by atoms with van der Waals surface area (Å²) in [5.41, 5.74) is 4.20. The Balaban J connectivity index is 2.04. The minimum atomic E-state index is -0.323. The van der Waals surface area contributed by atoms with Gasteiger partial charge in [0.15, 0.2) is 0 Å². The molecule has 0 unspecified atom stereocenters. The molecule has 1 aliphatic heterocycles. The van der Waals surface area contributed by atoms with Gasteiger partial charge in [-0.25, -0.2) is 0 Å². The number of rotatable bonds is 3. The van der Waals surface area contributed by atoms with Crippen LogP contribution in [-0.2, 0) is 9.31 Å². The van der Waals surface area contributed by atoms with Crippen LogP contribution in [0.25, 0.3) is 11.1 Å². The summed E-state index contributed by atoms with van der Waals surface area (Å²) in [7, 11) is -0.323.